The summed E-state index contributed by atoms with van der Waals surface area (Å²) in [6.07, 6.45) is 1.06. The Balaban J connectivity index is 1.88. The van der Waals surface area contributed by atoms with Gasteiger partial charge in [0.25, 0.3) is 0 Å². The van der Waals surface area contributed by atoms with Gasteiger partial charge in [-0.25, -0.2) is 9.97 Å². The van der Waals surface area contributed by atoms with E-state index in [2.05, 4.69) is 15.3 Å². The van der Waals surface area contributed by atoms with Gasteiger partial charge in [0.05, 0.1) is 22.7 Å². The van der Waals surface area contributed by atoms with E-state index in [0.717, 1.165) is 11.3 Å². The predicted molar refractivity (Wildman–Crippen MR) is 79.9 cm³/mol. The average Bonchev–Trinajstić information content (AvgIpc) is 2.42. The SMILES string of the molecule is Cc1ccnc(CNC[C@H](O)c2ccc(Cl)c(Cl)c2)n1. The van der Waals surface area contributed by atoms with E-state index >= 15 is 0 Å². The van der Waals surface area contributed by atoms with E-state index in [0.29, 0.717) is 29.0 Å². The van der Waals surface area contributed by atoms with Crippen LogP contribution in [-0.2, 0) is 6.54 Å². The number of hydrogen-bond donors (Lipinski definition) is 2. The Bertz CT molecular complexity index is 592. The molecule has 6 heteroatoms. The molecule has 0 amide bonds. The monoisotopic (exact) mass is 311 g/mol. The highest BCUT2D eigenvalue weighted by Crippen LogP contribution is 2.25. The third-order valence-corrected chi connectivity index (χ3v) is 3.53. The number of halogens is 2. The van der Waals surface area contributed by atoms with Crippen molar-refractivity contribution in [2.75, 3.05) is 6.54 Å². The predicted octanol–water partition coefficient (Wildman–Crippen LogP) is 2.92. The van der Waals surface area contributed by atoms with Crippen LogP contribution in [0.25, 0.3) is 0 Å². The Morgan fingerprint density at radius 2 is 2.05 bits per heavy atom. The van der Waals surface area contributed by atoms with Crippen LogP contribution in [0.4, 0.5) is 0 Å². The largest absolute Gasteiger partial charge is 0.387 e. The summed E-state index contributed by atoms with van der Waals surface area (Å²) in [6.45, 7) is 2.80. The molecular weight excluding hydrogens is 297 g/mol. The number of nitrogens with zero attached hydrogens (tertiary/aromatic N) is 2. The number of rotatable bonds is 5. The second kappa shape index (κ2) is 6.99. The zero-order valence-corrected chi connectivity index (χ0v) is 12.5. The van der Waals surface area contributed by atoms with E-state index < -0.39 is 6.10 Å². The van der Waals surface area contributed by atoms with Crippen LogP contribution in [0.3, 0.4) is 0 Å². The lowest BCUT2D eigenvalue weighted by molar-refractivity contribution is 0.174. The molecule has 2 aromatic rings. The third-order valence-electron chi connectivity index (χ3n) is 2.79. The van der Waals surface area contributed by atoms with Gasteiger partial charge in [0.1, 0.15) is 5.82 Å². The van der Waals surface area contributed by atoms with Crippen molar-refractivity contribution in [2.24, 2.45) is 0 Å². The molecule has 4 nitrogen and oxygen atoms in total. The van der Waals surface area contributed by atoms with Crippen LogP contribution < -0.4 is 5.32 Å². The van der Waals surface area contributed by atoms with Crippen molar-refractivity contribution in [3.63, 3.8) is 0 Å². The normalized spacial score (nSPS) is 12.4. The van der Waals surface area contributed by atoms with Gasteiger partial charge in [0.15, 0.2) is 0 Å². The Kier molecular flexibility index (Phi) is 5.31. The van der Waals surface area contributed by atoms with E-state index in [1.807, 2.05) is 13.0 Å². The number of aliphatic hydroxyl groups is 1. The fraction of sp³-hybridized carbons (Fsp3) is 0.286. The minimum absolute atomic E-state index is 0.384. The molecule has 0 aliphatic heterocycles. The van der Waals surface area contributed by atoms with Crippen LogP contribution in [0.15, 0.2) is 30.5 Å². The maximum Gasteiger partial charge on any atom is 0.142 e. The van der Waals surface area contributed by atoms with Crippen LogP contribution in [0.2, 0.25) is 10.0 Å². The summed E-state index contributed by atoms with van der Waals surface area (Å²) in [5.74, 6) is 0.700. The number of benzene rings is 1. The van der Waals surface area contributed by atoms with E-state index in [9.17, 15) is 5.11 Å². The second-order valence-corrected chi connectivity index (χ2v) is 5.25. The molecule has 0 radical (unpaired) electrons. The topological polar surface area (TPSA) is 58.0 Å². The fourth-order valence-electron chi connectivity index (χ4n) is 1.74. The first-order valence-corrected chi connectivity index (χ1v) is 6.94. The molecule has 0 spiro atoms. The number of aliphatic hydroxyl groups excluding tert-OH is 1. The molecular formula is C14H15Cl2N3O. The van der Waals surface area contributed by atoms with Gasteiger partial charge in [-0.3, -0.25) is 0 Å². The molecule has 106 valence electrons. The zero-order chi connectivity index (χ0) is 14.5. The van der Waals surface area contributed by atoms with Gasteiger partial charge in [0, 0.05) is 18.4 Å². The fourth-order valence-corrected chi connectivity index (χ4v) is 2.05. The van der Waals surface area contributed by atoms with Crippen molar-refractivity contribution < 1.29 is 5.11 Å². The summed E-state index contributed by atoms with van der Waals surface area (Å²) < 4.78 is 0. The zero-order valence-electron chi connectivity index (χ0n) is 11.0. The highest BCUT2D eigenvalue weighted by Gasteiger charge is 2.09. The van der Waals surface area contributed by atoms with Gasteiger partial charge in [0.2, 0.25) is 0 Å². The van der Waals surface area contributed by atoms with Crippen molar-refractivity contribution in [1.29, 1.82) is 0 Å². The molecule has 0 saturated carbocycles. The Morgan fingerprint density at radius 3 is 2.75 bits per heavy atom. The summed E-state index contributed by atoms with van der Waals surface area (Å²) in [5.41, 5.74) is 1.64. The summed E-state index contributed by atoms with van der Waals surface area (Å²) in [5, 5.41) is 14.1. The first-order chi connectivity index (χ1) is 9.56. The number of aromatic nitrogens is 2. The highest BCUT2D eigenvalue weighted by atomic mass is 35.5. The summed E-state index contributed by atoms with van der Waals surface area (Å²) >= 11 is 11.8. The van der Waals surface area contributed by atoms with Crippen LogP contribution in [0.1, 0.15) is 23.2 Å². The molecule has 0 saturated heterocycles. The highest BCUT2D eigenvalue weighted by molar-refractivity contribution is 6.42. The molecule has 1 atom stereocenters. The molecule has 0 aliphatic carbocycles. The van der Waals surface area contributed by atoms with E-state index in [4.69, 9.17) is 23.2 Å². The minimum atomic E-state index is -0.658. The van der Waals surface area contributed by atoms with Crippen LogP contribution >= 0.6 is 23.2 Å². The van der Waals surface area contributed by atoms with Crippen LogP contribution in [0, 0.1) is 6.92 Å². The molecule has 1 aromatic heterocycles. The lowest BCUT2D eigenvalue weighted by Crippen LogP contribution is -2.22. The summed E-state index contributed by atoms with van der Waals surface area (Å²) in [4.78, 5) is 8.42. The summed E-state index contributed by atoms with van der Waals surface area (Å²) in [7, 11) is 0. The molecule has 1 aromatic carbocycles. The molecule has 20 heavy (non-hydrogen) atoms. The van der Waals surface area contributed by atoms with Crippen molar-refractivity contribution in [3.05, 3.63) is 57.6 Å². The van der Waals surface area contributed by atoms with Gasteiger partial charge >= 0.3 is 0 Å². The van der Waals surface area contributed by atoms with Crippen LogP contribution in [-0.4, -0.2) is 21.6 Å². The molecule has 2 rings (SSSR count). The first kappa shape index (κ1) is 15.2. The molecule has 0 fully saturated rings. The van der Waals surface area contributed by atoms with E-state index in [1.54, 1.807) is 24.4 Å². The minimum Gasteiger partial charge on any atom is -0.387 e. The van der Waals surface area contributed by atoms with Gasteiger partial charge in [-0.05, 0) is 30.7 Å². The van der Waals surface area contributed by atoms with Gasteiger partial charge < -0.3 is 10.4 Å². The maximum atomic E-state index is 10.1. The lowest BCUT2D eigenvalue weighted by atomic mass is 10.1. The third kappa shape index (κ3) is 4.15. The summed E-state index contributed by atoms with van der Waals surface area (Å²) in [6, 6.07) is 6.93. The molecule has 2 N–H and O–H groups in total. The van der Waals surface area contributed by atoms with Crippen LogP contribution in [0.5, 0.6) is 0 Å². The van der Waals surface area contributed by atoms with Gasteiger partial charge in [-0.2, -0.15) is 0 Å². The van der Waals surface area contributed by atoms with E-state index in [1.165, 1.54) is 0 Å². The van der Waals surface area contributed by atoms with Gasteiger partial charge in [-0.15, -0.1) is 0 Å². The number of hydrogen-bond acceptors (Lipinski definition) is 4. The molecule has 0 bridgehead atoms. The Labute approximate surface area is 127 Å². The first-order valence-electron chi connectivity index (χ1n) is 6.18. The number of aryl methyl sites for hydroxylation is 1. The van der Waals surface area contributed by atoms with Crippen molar-refractivity contribution >= 4 is 23.2 Å². The van der Waals surface area contributed by atoms with Gasteiger partial charge in [-0.1, -0.05) is 29.3 Å². The smallest absolute Gasteiger partial charge is 0.142 e. The quantitative estimate of drug-likeness (QED) is 0.891. The van der Waals surface area contributed by atoms with E-state index in [-0.39, 0.29) is 0 Å². The molecule has 0 aliphatic rings. The molecule has 1 heterocycles. The average molecular weight is 312 g/mol. The lowest BCUT2D eigenvalue weighted by Gasteiger charge is -2.12. The standard InChI is InChI=1S/C14H15Cl2N3O/c1-9-4-5-18-14(19-9)8-17-7-13(20)10-2-3-11(15)12(16)6-10/h2-6,13,17,20H,7-8H2,1H3/t13-/m0/s1. The maximum absolute atomic E-state index is 10.1. The Hall–Kier alpha value is -1.20. The molecule has 0 unspecified atom stereocenters. The van der Waals surface area contributed by atoms with Crippen molar-refractivity contribution in [1.82, 2.24) is 15.3 Å². The second-order valence-electron chi connectivity index (χ2n) is 4.43. The van der Waals surface area contributed by atoms with Crippen molar-refractivity contribution in [3.8, 4) is 0 Å². The Morgan fingerprint density at radius 1 is 1.25 bits per heavy atom. The van der Waals surface area contributed by atoms with Crippen molar-refractivity contribution in [2.45, 2.75) is 19.6 Å². The number of nitrogens with one attached hydrogen (secondary N) is 1.